The van der Waals surface area contributed by atoms with Crippen LogP contribution in [0.15, 0.2) is 24.3 Å². The Morgan fingerprint density at radius 1 is 1.24 bits per heavy atom. The molecule has 2 rings (SSSR count). The summed E-state index contributed by atoms with van der Waals surface area (Å²) in [4.78, 5) is 3.52. The third-order valence-corrected chi connectivity index (χ3v) is 2.45. The van der Waals surface area contributed by atoms with Crippen molar-refractivity contribution in [1.29, 1.82) is 0 Å². The molecule has 90 valence electrons. The van der Waals surface area contributed by atoms with E-state index in [0.717, 1.165) is 6.07 Å². The highest BCUT2D eigenvalue weighted by atomic mass is 35.5. The minimum Gasteiger partial charge on any atom is -0.323 e. The van der Waals surface area contributed by atoms with E-state index < -0.39 is 11.9 Å². The lowest BCUT2D eigenvalue weighted by Crippen LogP contribution is -2.12. The first-order chi connectivity index (χ1) is 7.91. The van der Waals surface area contributed by atoms with E-state index in [-0.39, 0.29) is 11.2 Å². The van der Waals surface area contributed by atoms with Gasteiger partial charge in [0.25, 0.3) is 0 Å². The number of nitrogen functional groups attached to an aromatic ring is 1. The van der Waals surface area contributed by atoms with Gasteiger partial charge < -0.3 is 5.43 Å². The van der Waals surface area contributed by atoms with Crippen molar-refractivity contribution in [2.75, 3.05) is 5.43 Å². The summed E-state index contributed by atoms with van der Waals surface area (Å²) in [5.74, 6) is 5.19. The number of nitrogens with two attached hydrogens (primary N) is 1. The van der Waals surface area contributed by atoms with Gasteiger partial charge in [-0.2, -0.15) is 13.2 Å². The highest BCUT2D eigenvalue weighted by Gasteiger charge is 2.33. The summed E-state index contributed by atoms with van der Waals surface area (Å²) in [7, 11) is 0. The summed E-state index contributed by atoms with van der Waals surface area (Å²) >= 11 is 5.76. The number of hydrogen-bond donors (Lipinski definition) is 2. The monoisotopic (exact) mass is 261 g/mol. The summed E-state index contributed by atoms with van der Waals surface area (Å²) in [6.07, 6.45) is -4.51. The van der Waals surface area contributed by atoms with E-state index in [2.05, 4.69) is 10.4 Å². The Kier molecular flexibility index (Phi) is 2.84. The molecule has 0 bridgehead atoms. The number of fused-ring (bicyclic) bond motifs is 1. The first-order valence-corrected chi connectivity index (χ1v) is 4.94. The van der Waals surface area contributed by atoms with E-state index in [9.17, 15) is 13.2 Å². The molecule has 1 heterocycles. The predicted octanol–water partition coefficient (Wildman–Crippen LogP) is 3.19. The molecule has 0 aliphatic carbocycles. The van der Waals surface area contributed by atoms with Crippen LogP contribution in [0.4, 0.5) is 18.9 Å². The largest absolute Gasteiger partial charge is 0.433 e. The molecule has 0 saturated heterocycles. The molecule has 0 fully saturated rings. The van der Waals surface area contributed by atoms with Gasteiger partial charge in [-0.3, -0.25) is 5.84 Å². The Labute approximate surface area is 99.4 Å². The highest BCUT2D eigenvalue weighted by molar-refractivity contribution is 6.31. The number of pyridine rings is 1. The van der Waals surface area contributed by atoms with Gasteiger partial charge in [0, 0.05) is 10.4 Å². The van der Waals surface area contributed by atoms with Crippen molar-refractivity contribution in [2.45, 2.75) is 6.18 Å². The van der Waals surface area contributed by atoms with Gasteiger partial charge in [-0.15, -0.1) is 0 Å². The Morgan fingerprint density at radius 3 is 2.53 bits per heavy atom. The standard InChI is InChI=1S/C10H7ClF3N3/c11-5-1-2-7-6(3-5)8(17-15)4-9(16-7)10(12,13)14/h1-4H,15H2,(H,16,17). The fourth-order valence-electron chi connectivity index (χ4n) is 1.46. The molecule has 0 amide bonds. The number of hydrogen-bond acceptors (Lipinski definition) is 3. The van der Waals surface area contributed by atoms with Crippen molar-refractivity contribution >= 4 is 28.2 Å². The Hall–Kier alpha value is -1.53. The number of nitrogens with one attached hydrogen (secondary N) is 1. The van der Waals surface area contributed by atoms with Crippen molar-refractivity contribution < 1.29 is 13.2 Å². The number of rotatable bonds is 1. The zero-order valence-electron chi connectivity index (χ0n) is 8.35. The molecule has 0 unspecified atom stereocenters. The first kappa shape index (κ1) is 11.9. The van der Waals surface area contributed by atoms with E-state index in [1.165, 1.54) is 18.2 Å². The van der Waals surface area contributed by atoms with E-state index in [4.69, 9.17) is 17.4 Å². The summed E-state index contributed by atoms with van der Waals surface area (Å²) in [6, 6.07) is 5.23. The number of nitrogens with zero attached hydrogens (tertiary/aromatic N) is 1. The van der Waals surface area contributed by atoms with E-state index in [1.54, 1.807) is 0 Å². The van der Waals surface area contributed by atoms with Crippen molar-refractivity contribution in [2.24, 2.45) is 5.84 Å². The van der Waals surface area contributed by atoms with E-state index >= 15 is 0 Å². The molecule has 1 aromatic heterocycles. The van der Waals surface area contributed by atoms with Gasteiger partial charge in [-0.05, 0) is 24.3 Å². The van der Waals surface area contributed by atoms with Crippen LogP contribution >= 0.6 is 11.6 Å². The minimum absolute atomic E-state index is 0.129. The van der Waals surface area contributed by atoms with Gasteiger partial charge in [0.15, 0.2) is 0 Å². The van der Waals surface area contributed by atoms with E-state index in [0.29, 0.717) is 10.4 Å². The van der Waals surface area contributed by atoms with Gasteiger partial charge in [0.1, 0.15) is 5.69 Å². The van der Waals surface area contributed by atoms with E-state index in [1.807, 2.05) is 0 Å². The van der Waals surface area contributed by atoms with Crippen LogP contribution in [0, 0.1) is 0 Å². The van der Waals surface area contributed by atoms with Crippen LogP contribution in [0.1, 0.15) is 5.69 Å². The van der Waals surface area contributed by atoms with Gasteiger partial charge in [-0.25, -0.2) is 4.98 Å². The maximum Gasteiger partial charge on any atom is 0.433 e. The molecule has 1 aromatic carbocycles. The summed E-state index contributed by atoms with van der Waals surface area (Å²) in [5, 5.41) is 0.837. The number of benzene rings is 1. The molecule has 0 radical (unpaired) electrons. The van der Waals surface area contributed by atoms with Gasteiger partial charge in [-0.1, -0.05) is 11.6 Å². The SMILES string of the molecule is NNc1cc(C(F)(F)F)nc2ccc(Cl)cc12. The molecule has 3 N–H and O–H groups in total. The molecule has 3 nitrogen and oxygen atoms in total. The minimum atomic E-state index is -4.51. The van der Waals surface area contributed by atoms with Crippen LogP contribution in [-0.2, 0) is 6.18 Å². The normalized spacial score (nSPS) is 11.8. The van der Waals surface area contributed by atoms with Gasteiger partial charge >= 0.3 is 6.18 Å². The second-order valence-corrected chi connectivity index (χ2v) is 3.80. The Morgan fingerprint density at radius 2 is 1.94 bits per heavy atom. The number of hydrazine groups is 1. The molecule has 0 aliphatic heterocycles. The molecule has 0 atom stereocenters. The fraction of sp³-hybridized carbons (Fsp3) is 0.100. The topological polar surface area (TPSA) is 50.9 Å². The van der Waals surface area contributed by atoms with Crippen molar-refractivity contribution in [3.63, 3.8) is 0 Å². The number of anilines is 1. The predicted molar refractivity (Wildman–Crippen MR) is 59.6 cm³/mol. The van der Waals surface area contributed by atoms with Crippen LogP contribution in [0.3, 0.4) is 0 Å². The zero-order chi connectivity index (χ0) is 12.6. The lowest BCUT2D eigenvalue weighted by Gasteiger charge is -2.11. The van der Waals surface area contributed by atoms with Gasteiger partial charge in [0.05, 0.1) is 11.2 Å². The third-order valence-electron chi connectivity index (χ3n) is 2.22. The quantitative estimate of drug-likeness (QED) is 0.612. The van der Waals surface area contributed by atoms with Crippen LogP contribution < -0.4 is 11.3 Å². The average Bonchev–Trinajstić information content (AvgIpc) is 2.26. The first-order valence-electron chi connectivity index (χ1n) is 4.56. The molecular weight excluding hydrogens is 255 g/mol. The van der Waals surface area contributed by atoms with Crippen molar-refractivity contribution in [3.05, 3.63) is 35.0 Å². The number of halogens is 4. The Bertz CT molecular complexity index is 568. The summed E-state index contributed by atoms with van der Waals surface area (Å²) in [5.41, 5.74) is 1.52. The molecule has 0 saturated carbocycles. The third kappa shape index (κ3) is 2.27. The lowest BCUT2D eigenvalue weighted by atomic mass is 10.1. The summed E-state index contributed by atoms with van der Waals surface area (Å²) in [6.45, 7) is 0. The maximum atomic E-state index is 12.6. The molecule has 17 heavy (non-hydrogen) atoms. The van der Waals surface area contributed by atoms with Crippen molar-refractivity contribution in [1.82, 2.24) is 4.98 Å². The molecular formula is C10H7ClF3N3. The fourth-order valence-corrected chi connectivity index (χ4v) is 1.63. The Balaban J connectivity index is 2.75. The highest BCUT2D eigenvalue weighted by Crippen LogP contribution is 2.33. The molecule has 0 spiro atoms. The number of aromatic nitrogens is 1. The van der Waals surface area contributed by atoms with Crippen LogP contribution in [-0.4, -0.2) is 4.98 Å². The lowest BCUT2D eigenvalue weighted by molar-refractivity contribution is -0.140. The molecule has 7 heteroatoms. The summed E-state index contributed by atoms with van der Waals surface area (Å²) < 4.78 is 37.7. The molecule has 0 aliphatic rings. The van der Waals surface area contributed by atoms with Crippen LogP contribution in [0.2, 0.25) is 5.02 Å². The maximum absolute atomic E-state index is 12.6. The van der Waals surface area contributed by atoms with Crippen molar-refractivity contribution in [3.8, 4) is 0 Å². The van der Waals surface area contributed by atoms with Crippen LogP contribution in [0.25, 0.3) is 10.9 Å². The smallest absolute Gasteiger partial charge is 0.323 e. The van der Waals surface area contributed by atoms with Crippen LogP contribution in [0.5, 0.6) is 0 Å². The van der Waals surface area contributed by atoms with Gasteiger partial charge in [0.2, 0.25) is 0 Å². The second-order valence-electron chi connectivity index (χ2n) is 3.36. The zero-order valence-corrected chi connectivity index (χ0v) is 9.10. The molecule has 2 aromatic rings. The second kappa shape index (κ2) is 4.05. The average molecular weight is 262 g/mol. The number of alkyl halides is 3.